The van der Waals surface area contributed by atoms with E-state index in [1.807, 2.05) is 0 Å². The Hall–Kier alpha value is -1.92. The van der Waals surface area contributed by atoms with Gasteiger partial charge in [0.25, 0.3) is 0 Å². The van der Waals surface area contributed by atoms with E-state index in [-0.39, 0.29) is 11.9 Å². The molecule has 1 aromatic rings. The third kappa shape index (κ3) is 3.10. The summed E-state index contributed by atoms with van der Waals surface area (Å²) in [6.45, 7) is 3.36. The van der Waals surface area contributed by atoms with E-state index >= 15 is 0 Å². The molecule has 1 aromatic carbocycles. The third-order valence-electron chi connectivity index (χ3n) is 3.10. The van der Waals surface area contributed by atoms with E-state index in [1.165, 1.54) is 0 Å². The number of ether oxygens (including phenoxy) is 1. The van der Waals surface area contributed by atoms with Crippen LogP contribution in [-0.2, 0) is 9.53 Å². The quantitative estimate of drug-likeness (QED) is 0.716. The van der Waals surface area contributed by atoms with Gasteiger partial charge in [-0.15, -0.1) is 0 Å². The molecule has 1 heterocycles. The van der Waals surface area contributed by atoms with Crippen LogP contribution in [0, 0.1) is 6.92 Å². The molecule has 1 fully saturated rings. The Kier molecular flexibility index (Phi) is 4.13. The molecular weight excluding hydrogens is 246 g/mol. The number of nitrogens with two attached hydrogens (primary N) is 1. The van der Waals surface area contributed by atoms with Crippen molar-refractivity contribution in [1.82, 2.24) is 5.32 Å². The molecule has 0 spiro atoms. The number of amides is 2. The van der Waals surface area contributed by atoms with Gasteiger partial charge in [-0.25, -0.2) is 0 Å². The summed E-state index contributed by atoms with van der Waals surface area (Å²) in [5.41, 5.74) is 6.94. The van der Waals surface area contributed by atoms with E-state index < -0.39 is 5.91 Å². The summed E-state index contributed by atoms with van der Waals surface area (Å²) in [7, 11) is 0. The number of carbonyl (C=O) groups excluding carboxylic acids is 2. The average Bonchev–Trinajstić information content (AvgIpc) is 2.41. The predicted molar refractivity (Wildman–Crippen MR) is 70.9 cm³/mol. The molecule has 6 nitrogen and oxygen atoms in total. The Morgan fingerprint density at radius 3 is 2.89 bits per heavy atom. The van der Waals surface area contributed by atoms with Crippen molar-refractivity contribution in [2.45, 2.75) is 13.0 Å². The molecule has 2 amide bonds. The zero-order chi connectivity index (χ0) is 13.8. The molecule has 1 aliphatic heterocycles. The van der Waals surface area contributed by atoms with Gasteiger partial charge < -0.3 is 21.1 Å². The molecule has 1 unspecified atom stereocenters. The summed E-state index contributed by atoms with van der Waals surface area (Å²) in [4.78, 5) is 23.3. The lowest BCUT2D eigenvalue weighted by Gasteiger charge is -2.23. The van der Waals surface area contributed by atoms with Crippen LogP contribution in [0.25, 0.3) is 0 Å². The number of hydrogen-bond acceptors (Lipinski definition) is 4. The summed E-state index contributed by atoms with van der Waals surface area (Å²) in [6, 6.07) is 4.69. The highest BCUT2D eigenvalue weighted by Gasteiger charge is 2.22. The fourth-order valence-corrected chi connectivity index (χ4v) is 1.99. The SMILES string of the molecule is Cc1c(NC(=O)C2COCCN2)cccc1C(N)=O. The Labute approximate surface area is 111 Å². The van der Waals surface area contributed by atoms with E-state index in [0.29, 0.717) is 36.6 Å². The van der Waals surface area contributed by atoms with Gasteiger partial charge in [0.1, 0.15) is 6.04 Å². The molecule has 0 bridgehead atoms. The number of benzene rings is 1. The van der Waals surface area contributed by atoms with Gasteiger partial charge >= 0.3 is 0 Å². The van der Waals surface area contributed by atoms with Crippen molar-refractivity contribution >= 4 is 17.5 Å². The first kappa shape index (κ1) is 13.5. The van der Waals surface area contributed by atoms with Gasteiger partial charge in [0.15, 0.2) is 0 Å². The summed E-state index contributed by atoms with van der Waals surface area (Å²) in [6.07, 6.45) is 0. The normalized spacial score (nSPS) is 18.9. The second kappa shape index (κ2) is 5.81. The first-order valence-electron chi connectivity index (χ1n) is 6.11. The first-order valence-corrected chi connectivity index (χ1v) is 6.11. The van der Waals surface area contributed by atoms with Gasteiger partial charge in [-0.1, -0.05) is 6.07 Å². The van der Waals surface area contributed by atoms with E-state index in [1.54, 1.807) is 25.1 Å². The molecule has 102 valence electrons. The van der Waals surface area contributed by atoms with Gasteiger partial charge in [0, 0.05) is 17.8 Å². The minimum atomic E-state index is -0.507. The molecular formula is C13H17N3O3. The van der Waals surface area contributed by atoms with Crippen LogP contribution < -0.4 is 16.4 Å². The molecule has 1 aliphatic rings. The smallest absolute Gasteiger partial charge is 0.249 e. The van der Waals surface area contributed by atoms with Crippen molar-refractivity contribution in [3.8, 4) is 0 Å². The van der Waals surface area contributed by atoms with Gasteiger partial charge in [0.05, 0.1) is 13.2 Å². The van der Waals surface area contributed by atoms with Crippen molar-refractivity contribution < 1.29 is 14.3 Å². The maximum Gasteiger partial charge on any atom is 0.249 e. The van der Waals surface area contributed by atoms with Crippen molar-refractivity contribution in [3.63, 3.8) is 0 Å². The number of hydrogen-bond donors (Lipinski definition) is 3. The van der Waals surface area contributed by atoms with E-state index in [4.69, 9.17) is 10.5 Å². The van der Waals surface area contributed by atoms with Crippen molar-refractivity contribution in [3.05, 3.63) is 29.3 Å². The number of anilines is 1. The Bertz CT molecular complexity index is 496. The fourth-order valence-electron chi connectivity index (χ4n) is 1.99. The van der Waals surface area contributed by atoms with E-state index in [0.717, 1.165) is 0 Å². The van der Waals surface area contributed by atoms with Crippen LogP contribution in [0.5, 0.6) is 0 Å². The number of primary amides is 1. The van der Waals surface area contributed by atoms with Crippen molar-refractivity contribution in [2.24, 2.45) is 5.73 Å². The lowest BCUT2D eigenvalue weighted by molar-refractivity contribution is -0.120. The fraction of sp³-hybridized carbons (Fsp3) is 0.385. The van der Waals surface area contributed by atoms with Gasteiger partial charge in [0.2, 0.25) is 11.8 Å². The van der Waals surface area contributed by atoms with Gasteiger partial charge in [-0.3, -0.25) is 9.59 Å². The molecule has 0 aromatic heterocycles. The number of carbonyl (C=O) groups is 2. The standard InChI is InChI=1S/C13H17N3O3/c1-8-9(12(14)17)3-2-4-10(8)16-13(18)11-7-19-6-5-15-11/h2-4,11,15H,5-7H2,1H3,(H2,14,17)(H,16,18). The largest absolute Gasteiger partial charge is 0.378 e. The van der Waals surface area contributed by atoms with Gasteiger partial charge in [-0.2, -0.15) is 0 Å². The van der Waals surface area contributed by atoms with Crippen molar-refractivity contribution in [1.29, 1.82) is 0 Å². The highest BCUT2D eigenvalue weighted by Crippen LogP contribution is 2.18. The van der Waals surface area contributed by atoms with Crippen LogP contribution in [0.2, 0.25) is 0 Å². The lowest BCUT2D eigenvalue weighted by atomic mass is 10.1. The Morgan fingerprint density at radius 2 is 2.26 bits per heavy atom. The summed E-state index contributed by atoms with van der Waals surface area (Å²) < 4.78 is 5.24. The Morgan fingerprint density at radius 1 is 1.47 bits per heavy atom. The molecule has 6 heteroatoms. The van der Waals surface area contributed by atoms with Crippen LogP contribution in [0.4, 0.5) is 5.69 Å². The molecule has 0 radical (unpaired) electrons. The first-order chi connectivity index (χ1) is 9.09. The lowest BCUT2D eigenvalue weighted by Crippen LogP contribution is -2.48. The minimum Gasteiger partial charge on any atom is -0.378 e. The topological polar surface area (TPSA) is 93.4 Å². The number of rotatable bonds is 3. The van der Waals surface area contributed by atoms with Crippen LogP contribution in [0.1, 0.15) is 15.9 Å². The molecule has 4 N–H and O–H groups in total. The summed E-state index contributed by atoms with van der Waals surface area (Å²) >= 11 is 0. The zero-order valence-corrected chi connectivity index (χ0v) is 10.7. The average molecular weight is 263 g/mol. The highest BCUT2D eigenvalue weighted by atomic mass is 16.5. The monoisotopic (exact) mass is 263 g/mol. The van der Waals surface area contributed by atoms with Crippen LogP contribution in [-0.4, -0.2) is 37.6 Å². The number of morpholine rings is 1. The third-order valence-corrected chi connectivity index (χ3v) is 3.10. The maximum absolute atomic E-state index is 12.0. The molecule has 19 heavy (non-hydrogen) atoms. The summed E-state index contributed by atoms with van der Waals surface area (Å²) in [5.74, 6) is -0.683. The molecule has 0 aliphatic carbocycles. The molecule has 0 saturated carbocycles. The van der Waals surface area contributed by atoms with E-state index in [2.05, 4.69) is 10.6 Å². The van der Waals surface area contributed by atoms with Crippen LogP contribution in [0.3, 0.4) is 0 Å². The molecule has 1 saturated heterocycles. The molecule has 2 rings (SSSR count). The van der Waals surface area contributed by atoms with Crippen LogP contribution >= 0.6 is 0 Å². The number of nitrogens with one attached hydrogen (secondary N) is 2. The zero-order valence-electron chi connectivity index (χ0n) is 10.7. The second-order valence-electron chi connectivity index (χ2n) is 4.41. The maximum atomic E-state index is 12.0. The van der Waals surface area contributed by atoms with E-state index in [9.17, 15) is 9.59 Å². The summed E-state index contributed by atoms with van der Waals surface area (Å²) in [5, 5.41) is 5.85. The predicted octanol–water partition coefficient (Wildman–Crippen LogP) is 0.0208. The molecule has 1 atom stereocenters. The Balaban J connectivity index is 2.12. The van der Waals surface area contributed by atoms with Gasteiger partial charge in [-0.05, 0) is 24.6 Å². The van der Waals surface area contributed by atoms with Crippen molar-refractivity contribution in [2.75, 3.05) is 25.1 Å². The highest BCUT2D eigenvalue weighted by molar-refractivity contribution is 5.99. The minimum absolute atomic E-state index is 0.176. The second-order valence-corrected chi connectivity index (χ2v) is 4.41. The van der Waals surface area contributed by atoms with Crippen LogP contribution in [0.15, 0.2) is 18.2 Å².